The Balaban J connectivity index is 2.38. The Hall–Kier alpha value is -0.600. The highest BCUT2D eigenvalue weighted by Crippen LogP contribution is 2.11. The molecule has 0 amide bonds. The molecule has 0 aliphatic carbocycles. The topological polar surface area (TPSA) is 12.0 Å². The Bertz CT molecular complexity index is 241. The first-order chi connectivity index (χ1) is 6.86. The maximum Gasteiger partial charge on any atom is 0.0111 e. The van der Waals surface area contributed by atoms with Crippen LogP contribution in [-0.4, -0.2) is 12.6 Å². The van der Waals surface area contributed by atoms with Crippen LogP contribution in [0.5, 0.6) is 0 Å². The van der Waals surface area contributed by atoms with E-state index in [9.17, 15) is 0 Å². The third kappa shape index (κ3) is 4.07. The van der Waals surface area contributed by atoms with Crippen molar-refractivity contribution in [3.8, 4) is 0 Å². The Morgan fingerprint density at radius 1 is 1.64 bits per heavy atom. The third-order valence-corrected chi connectivity index (χ3v) is 3.01. The molecule has 0 aliphatic rings. The van der Waals surface area contributed by atoms with Gasteiger partial charge < -0.3 is 5.32 Å². The molecule has 78 valence electrons. The number of likely N-dealkylation sites (N-methyl/N-ethyl adjacent to an activating group) is 1. The van der Waals surface area contributed by atoms with E-state index in [1.807, 2.05) is 6.08 Å². The molecule has 0 aromatic carbocycles. The minimum Gasteiger partial charge on any atom is -0.314 e. The zero-order valence-electron chi connectivity index (χ0n) is 8.83. The van der Waals surface area contributed by atoms with Gasteiger partial charge in [0, 0.05) is 6.04 Å². The molecule has 1 atom stereocenters. The second kappa shape index (κ2) is 6.80. The first kappa shape index (κ1) is 11.5. The fourth-order valence-electron chi connectivity index (χ4n) is 1.58. The number of nitrogens with one attached hydrogen (secondary N) is 1. The van der Waals surface area contributed by atoms with Gasteiger partial charge in [-0.3, -0.25) is 0 Å². The lowest BCUT2D eigenvalue weighted by Gasteiger charge is -2.16. The van der Waals surface area contributed by atoms with Crippen LogP contribution in [0.15, 0.2) is 29.5 Å². The number of hydrogen-bond donors (Lipinski definition) is 1. The summed E-state index contributed by atoms with van der Waals surface area (Å²) in [6, 6.07) is 2.82. The molecule has 0 radical (unpaired) electrons. The van der Waals surface area contributed by atoms with E-state index in [1.54, 1.807) is 11.3 Å². The highest BCUT2D eigenvalue weighted by Gasteiger charge is 2.07. The van der Waals surface area contributed by atoms with Crippen molar-refractivity contribution < 1.29 is 0 Å². The van der Waals surface area contributed by atoms with Crippen LogP contribution in [0.4, 0.5) is 0 Å². The molecule has 0 spiro atoms. The van der Waals surface area contributed by atoms with Crippen LogP contribution in [0, 0.1) is 0 Å². The summed E-state index contributed by atoms with van der Waals surface area (Å²) in [6.45, 7) is 6.97. The molecule has 2 heteroatoms. The molecule has 1 N–H and O–H groups in total. The zero-order valence-corrected chi connectivity index (χ0v) is 9.65. The summed E-state index contributed by atoms with van der Waals surface area (Å²) in [5.41, 5.74) is 1.45. The lowest BCUT2D eigenvalue weighted by Crippen LogP contribution is -2.30. The molecule has 1 aromatic heterocycles. The molecule has 0 saturated heterocycles. The van der Waals surface area contributed by atoms with Gasteiger partial charge in [-0.15, -0.1) is 6.58 Å². The Morgan fingerprint density at radius 3 is 3.07 bits per heavy atom. The van der Waals surface area contributed by atoms with Crippen molar-refractivity contribution in [2.24, 2.45) is 0 Å². The lowest BCUT2D eigenvalue weighted by molar-refractivity contribution is 0.495. The molecule has 0 fully saturated rings. The minimum atomic E-state index is 0.604. The zero-order chi connectivity index (χ0) is 10.2. The van der Waals surface area contributed by atoms with Crippen molar-refractivity contribution in [3.63, 3.8) is 0 Å². The molecular formula is C12H19NS. The monoisotopic (exact) mass is 209 g/mol. The summed E-state index contributed by atoms with van der Waals surface area (Å²) in [5.74, 6) is 0. The van der Waals surface area contributed by atoms with Gasteiger partial charge in [0.25, 0.3) is 0 Å². The molecule has 0 saturated carbocycles. The largest absolute Gasteiger partial charge is 0.314 e. The van der Waals surface area contributed by atoms with Crippen LogP contribution >= 0.6 is 11.3 Å². The van der Waals surface area contributed by atoms with Crippen LogP contribution in [-0.2, 0) is 6.42 Å². The van der Waals surface area contributed by atoms with Crippen molar-refractivity contribution in [1.82, 2.24) is 5.32 Å². The van der Waals surface area contributed by atoms with Crippen LogP contribution in [0.2, 0.25) is 0 Å². The van der Waals surface area contributed by atoms with Crippen LogP contribution in [0.3, 0.4) is 0 Å². The maximum absolute atomic E-state index is 3.76. The van der Waals surface area contributed by atoms with Gasteiger partial charge in [0.1, 0.15) is 0 Å². The number of allylic oxidation sites excluding steroid dienone is 1. The average Bonchev–Trinajstić information content (AvgIpc) is 2.67. The summed E-state index contributed by atoms with van der Waals surface area (Å²) in [5, 5.41) is 7.89. The number of hydrogen-bond acceptors (Lipinski definition) is 2. The number of rotatable bonds is 7. The van der Waals surface area contributed by atoms with Crippen molar-refractivity contribution >= 4 is 11.3 Å². The predicted octanol–water partition coefficient (Wildman–Crippen LogP) is 3.23. The first-order valence-electron chi connectivity index (χ1n) is 5.22. The molecule has 0 aliphatic heterocycles. The summed E-state index contributed by atoms with van der Waals surface area (Å²) < 4.78 is 0. The van der Waals surface area contributed by atoms with Gasteiger partial charge in [0.2, 0.25) is 0 Å². The van der Waals surface area contributed by atoms with Crippen molar-refractivity contribution in [3.05, 3.63) is 35.0 Å². The van der Waals surface area contributed by atoms with Gasteiger partial charge in [-0.1, -0.05) is 13.0 Å². The summed E-state index contributed by atoms with van der Waals surface area (Å²) in [7, 11) is 0. The fraction of sp³-hybridized carbons (Fsp3) is 0.500. The summed E-state index contributed by atoms with van der Waals surface area (Å²) >= 11 is 1.78. The summed E-state index contributed by atoms with van der Waals surface area (Å²) in [6.07, 6.45) is 5.43. The smallest absolute Gasteiger partial charge is 0.0111 e. The first-order valence-corrected chi connectivity index (χ1v) is 6.16. The second-order valence-corrected chi connectivity index (χ2v) is 4.24. The summed E-state index contributed by atoms with van der Waals surface area (Å²) in [4.78, 5) is 0. The number of thiophene rings is 1. The van der Waals surface area contributed by atoms with Gasteiger partial charge in [0.05, 0.1) is 0 Å². The normalized spacial score (nSPS) is 12.6. The second-order valence-electron chi connectivity index (χ2n) is 3.46. The Morgan fingerprint density at radius 2 is 2.50 bits per heavy atom. The van der Waals surface area contributed by atoms with Crippen LogP contribution < -0.4 is 5.32 Å². The molecule has 1 rings (SSSR count). The van der Waals surface area contributed by atoms with E-state index in [-0.39, 0.29) is 0 Å². The molecule has 14 heavy (non-hydrogen) atoms. The molecule has 1 heterocycles. The van der Waals surface area contributed by atoms with Crippen LogP contribution in [0.25, 0.3) is 0 Å². The quantitative estimate of drug-likeness (QED) is 0.680. The highest BCUT2D eigenvalue weighted by molar-refractivity contribution is 7.07. The van der Waals surface area contributed by atoms with E-state index in [4.69, 9.17) is 0 Å². The van der Waals surface area contributed by atoms with Crippen molar-refractivity contribution in [2.45, 2.75) is 32.2 Å². The molecule has 1 unspecified atom stereocenters. The van der Waals surface area contributed by atoms with Crippen LogP contribution in [0.1, 0.15) is 25.3 Å². The van der Waals surface area contributed by atoms with E-state index in [0.717, 1.165) is 19.4 Å². The Labute approximate surface area is 90.9 Å². The van der Waals surface area contributed by atoms with Gasteiger partial charge in [-0.25, -0.2) is 0 Å². The van der Waals surface area contributed by atoms with Gasteiger partial charge in [-0.2, -0.15) is 11.3 Å². The highest BCUT2D eigenvalue weighted by atomic mass is 32.1. The van der Waals surface area contributed by atoms with E-state index >= 15 is 0 Å². The molecular weight excluding hydrogens is 190 g/mol. The fourth-order valence-corrected chi connectivity index (χ4v) is 2.26. The van der Waals surface area contributed by atoms with E-state index < -0.39 is 0 Å². The SMILES string of the molecule is C=CCCC(Cc1ccsc1)NCC. The average molecular weight is 209 g/mol. The standard InChI is InChI=1S/C12H19NS/c1-3-5-6-12(13-4-2)9-11-7-8-14-10-11/h3,7-8,10,12-13H,1,4-6,9H2,2H3. The van der Waals surface area contributed by atoms with E-state index in [2.05, 4.69) is 35.6 Å². The maximum atomic E-state index is 3.76. The van der Waals surface area contributed by atoms with Gasteiger partial charge in [-0.05, 0) is 48.2 Å². The Kier molecular flexibility index (Phi) is 5.57. The molecule has 1 nitrogen and oxygen atoms in total. The minimum absolute atomic E-state index is 0.604. The lowest BCUT2D eigenvalue weighted by atomic mass is 10.0. The van der Waals surface area contributed by atoms with Crippen molar-refractivity contribution in [1.29, 1.82) is 0 Å². The molecule has 0 bridgehead atoms. The van der Waals surface area contributed by atoms with E-state index in [0.29, 0.717) is 6.04 Å². The predicted molar refractivity (Wildman–Crippen MR) is 64.9 cm³/mol. The van der Waals surface area contributed by atoms with Gasteiger partial charge in [0.15, 0.2) is 0 Å². The van der Waals surface area contributed by atoms with Gasteiger partial charge >= 0.3 is 0 Å². The third-order valence-electron chi connectivity index (χ3n) is 2.27. The molecule has 1 aromatic rings. The van der Waals surface area contributed by atoms with E-state index in [1.165, 1.54) is 12.0 Å². The van der Waals surface area contributed by atoms with Crippen molar-refractivity contribution in [2.75, 3.05) is 6.54 Å².